The molecule has 0 aliphatic carbocycles. The Balaban J connectivity index is 2.30. The quantitative estimate of drug-likeness (QED) is 0.869. The van der Waals surface area contributed by atoms with Crippen molar-refractivity contribution in [2.24, 2.45) is 5.73 Å². The van der Waals surface area contributed by atoms with Crippen LogP contribution in [0.25, 0.3) is 0 Å². The number of nitrogens with zero attached hydrogens (tertiary/aromatic N) is 2. The van der Waals surface area contributed by atoms with E-state index in [9.17, 15) is 9.59 Å². The zero-order chi connectivity index (χ0) is 14.9. The Labute approximate surface area is 119 Å². The minimum absolute atomic E-state index is 0.0351. The van der Waals surface area contributed by atoms with Crippen molar-refractivity contribution in [3.8, 4) is 0 Å². The second-order valence-electron chi connectivity index (χ2n) is 5.65. The Morgan fingerprint density at radius 1 is 1.35 bits per heavy atom. The van der Waals surface area contributed by atoms with Crippen LogP contribution in [0.2, 0.25) is 0 Å². The third-order valence-electron chi connectivity index (χ3n) is 3.86. The van der Waals surface area contributed by atoms with Gasteiger partial charge in [0.15, 0.2) is 0 Å². The highest BCUT2D eigenvalue weighted by Crippen LogP contribution is 2.24. The summed E-state index contributed by atoms with van der Waals surface area (Å²) in [6.07, 6.45) is 0. The molecule has 0 radical (unpaired) electrons. The Morgan fingerprint density at radius 2 is 2.05 bits per heavy atom. The van der Waals surface area contributed by atoms with Gasteiger partial charge in [0.1, 0.15) is 5.54 Å². The predicted molar refractivity (Wildman–Crippen MR) is 77.1 cm³/mol. The van der Waals surface area contributed by atoms with Crippen LogP contribution in [0, 0.1) is 0 Å². The van der Waals surface area contributed by atoms with Gasteiger partial charge in [0.25, 0.3) is 5.91 Å². The van der Waals surface area contributed by atoms with E-state index in [1.165, 1.54) is 0 Å². The maximum atomic E-state index is 12.7. The molecule has 108 valence electrons. The SMILES string of the molecule is CN1CCN(C(=O)c2cccc(CN)c2)C(C)(C)C1=O. The summed E-state index contributed by atoms with van der Waals surface area (Å²) in [4.78, 5) is 28.2. The Hall–Kier alpha value is -1.88. The summed E-state index contributed by atoms with van der Waals surface area (Å²) in [6.45, 7) is 5.07. The molecule has 1 saturated heterocycles. The summed E-state index contributed by atoms with van der Waals surface area (Å²) >= 11 is 0. The highest BCUT2D eigenvalue weighted by molar-refractivity contribution is 5.99. The largest absolute Gasteiger partial charge is 0.342 e. The number of nitrogens with two attached hydrogens (primary N) is 1. The summed E-state index contributed by atoms with van der Waals surface area (Å²) in [5.41, 5.74) is 6.28. The summed E-state index contributed by atoms with van der Waals surface area (Å²) in [6, 6.07) is 7.26. The zero-order valence-corrected chi connectivity index (χ0v) is 12.2. The molecule has 0 aromatic heterocycles. The second kappa shape index (κ2) is 5.25. The van der Waals surface area contributed by atoms with E-state index < -0.39 is 5.54 Å². The molecule has 0 unspecified atom stereocenters. The predicted octanol–water partition coefficient (Wildman–Crippen LogP) is 0.838. The van der Waals surface area contributed by atoms with E-state index in [1.54, 1.807) is 42.8 Å². The lowest BCUT2D eigenvalue weighted by Gasteiger charge is -2.44. The third-order valence-corrected chi connectivity index (χ3v) is 3.86. The van der Waals surface area contributed by atoms with Gasteiger partial charge in [0.2, 0.25) is 5.91 Å². The number of carbonyl (C=O) groups excluding carboxylic acids is 2. The summed E-state index contributed by atoms with van der Waals surface area (Å²) in [5, 5.41) is 0. The number of amides is 2. The van der Waals surface area contributed by atoms with Gasteiger partial charge in [0, 0.05) is 32.2 Å². The Bertz CT molecular complexity index is 540. The first-order valence-corrected chi connectivity index (χ1v) is 6.74. The van der Waals surface area contributed by atoms with E-state index >= 15 is 0 Å². The Morgan fingerprint density at radius 3 is 2.70 bits per heavy atom. The molecule has 0 saturated carbocycles. The molecule has 0 bridgehead atoms. The highest BCUT2D eigenvalue weighted by Gasteiger charge is 2.43. The molecule has 2 N–H and O–H groups in total. The van der Waals surface area contributed by atoms with Gasteiger partial charge < -0.3 is 15.5 Å². The van der Waals surface area contributed by atoms with Crippen molar-refractivity contribution in [2.45, 2.75) is 25.9 Å². The molecule has 1 aromatic carbocycles. The van der Waals surface area contributed by atoms with Gasteiger partial charge in [-0.2, -0.15) is 0 Å². The number of benzene rings is 1. The van der Waals surface area contributed by atoms with Gasteiger partial charge in [-0.15, -0.1) is 0 Å². The van der Waals surface area contributed by atoms with Crippen LogP contribution >= 0.6 is 0 Å². The zero-order valence-electron chi connectivity index (χ0n) is 12.2. The molecule has 0 atom stereocenters. The average Bonchev–Trinajstić information content (AvgIpc) is 2.44. The van der Waals surface area contributed by atoms with E-state index in [-0.39, 0.29) is 11.8 Å². The van der Waals surface area contributed by atoms with Gasteiger partial charge in [-0.05, 0) is 31.5 Å². The number of piperazine rings is 1. The van der Waals surface area contributed by atoms with Crippen molar-refractivity contribution in [1.82, 2.24) is 9.80 Å². The van der Waals surface area contributed by atoms with Crippen LogP contribution in [0.3, 0.4) is 0 Å². The van der Waals surface area contributed by atoms with E-state index in [2.05, 4.69) is 0 Å². The maximum Gasteiger partial charge on any atom is 0.254 e. The molecule has 20 heavy (non-hydrogen) atoms. The fourth-order valence-corrected chi connectivity index (χ4v) is 2.56. The minimum atomic E-state index is -0.817. The fraction of sp³-hybridized carbons (Fsp3) is 0.467. The fourth-order valence-electron chi connectivity index (χ4n) is 2.56. The first-order chi connectivity index (χ1) is 9.37. The lowest BCUT2D eigenvalue weighted by atomic mass is 9.96. The van der Waals surface area contributed by atoms with E-state index in [4.69, 9.17) is 5.73 Å². The van der Waals surface area contributed by atoms with E-state index in [1.807, 2.05) is 12.1 Å². The molecule has 2 rings (SSSR count). The van der Waals surface area contributed by atoms with Gasteiger partial charge in [0.05, 0.1) is 0 Å². The second-order valence-corrected chi connectivity index (χ2v) is 5.65. The molecule has 2 amide bonds. The summed E-state index contributed by atoms with van der Waals surface area (Å²) in [5.74, 6) is -0.154. The van der Waals surface area contributed by atoms with Crippen molar-refractivity contribution in [1.29, 1.82) is 0 Å². The van der Waals surface area contributed by atoms with Crippen LogP contribution in [0.5, 0.6) is 0 Å². The summed E-state index contributed by atoms with van der Waals surface area (Å²) in [7, 11) is 1.76. The number of likely N-dealkylation sites (N-methyl/N-ethyl adjacent to an activating group) is 1. The number of carbonyl (C=O) groups is 2. The van der Waals surface area contributed by atoms with Gasteiger partial charge >= 0.3 is 0 Å². The molecule has 5 heteroatoms. The molecular formula is C15H21N3O2. The number of rotatable bonds is 2. The van der Waals surface area contributed by atoms with Crippen LogP contribution < -0.4 is 5.73 Å². The molecule has 1 aromatic rings. The standard InChI is InChI=1S/C15H21N3O2/c1-15(2)14(20)17(3)7-8-18(15)13(19)12-6-4-5-11(9-12)10-16/h4-6,9H,7-8,10,16H2,1-3H3. The number of hydrogen-bond donors (Lipinski definition) is 1. The van der Waals surface area contributed by atoms with Crippen LogP contribution in [-0.2, 0) is 11.3 Å². The lowest BCUT2D eigenvalue weighted by molar-refractivity contribution is -0.144. The smallest absolute Gasteiger partial charge is 0.254 e. The van der Waals surface area contributed by atoms with Gasteiger partial charge in [-0.25, -0.2) is 0 Å². The monoisotopic (exact) mass is 275 g/mol. The van der Waals surface area contributed by atoms with Crippen LogP contribution in [0.15, 0.2) is 24.3 Å². The first kappa shape index (κ1) is 14.5. The van der Waals surface area contributed by atoms with Crippen molar-refractivity contribution >= 4 is 11.8 Å². The molecule has 1 aliphatic heterocycles. The Kier molecular flexibility index (Phi) is 3.81. The first-order valence-electron chi connectivity index (χ1n) is 6.74. The third kappa shape index (κ3) is 2.41. The van der Waals surface area contributed by atoms with Crippen LogP contribution in [0.4, 0.5) is 0 Å². The van der Waals surface area contributed by atoms with Gasteiger partial charge in [-0.3, -0.25) is 9.59 Å². The maximum absolute atomic E-state index is 12.7. The lowest BCUT2D eigenvalue weighted by Crippen LogP contribution is -2.63. The van der Waals surface area contributed by atoms with Crippen LogP contribution in [-0.4, -0.2) is 47.3 Å². The van der Waals surface area contributed by atoms with Crippen molar-refractivity contribution in [2.75, 3.05) is 20.1 Å². The van der Waals surface area contributed by atoms with E-state index in [0.29, 0.717) is 25.2 Å². The topological polar surface area (TPSA) is 66.6 Å². The molecule has 1 aliphatic rings. The minimum Gasteiger partial charge on any atom is -0.342 e. The van der Waals surface area contributed by atoms with Crippen LogP contribution in [0.1, 0.15) is 29.8 Å². The molecule has 1 heterocycles. The molecular weight excluding hydrogens is 254 g/mol. The van der Waals surface area contributed by atoms with Crippen molar-refractivity contribution in [3.05, 3.63) is 35.4 Å². The number of hydrogen-bond acceptors (Lipinski definition) is 3. The molecule has 5 nitrogen and oxygen atoms in total. The normalized spacial score (nSPS) is 18.3. The van der Waals surface area contributed by atoms with Crippen molar-refractivity contribution < 1.29 is 9.59 Å². The average molecular weight is 275 g/mol. The van der Waals surface area contributed by atoms with Crippen molar-refractivity contribution in [3.63, 3.8) is 0 Å². The highest BCUT2D eigenvalue weighted by atomic mass is 16.2. The molecule has 0 spiro atoms. The summed E-state index contributed by atoms with van der Waals surface area (Å²) < 4.78 is 0. The molecule has 1 fully saturated rings. The van der Waals surface area contributed by atoms with E-state index in [0.717, 1.165) is 5.56 Å². The van der Waals surface area contributed by atoms with Gasteiger partial charge in [-0.1, -0.05) is 12.1 Å².